The van der Waals surface area contributed by atoms with E-state index in [1.54, 1.807) is 18.5 Å². The molecule has 1 amide bonds. The van der Waals surface area contributed by atoms with Gasteiger partial charge in [0.15, 0.2) is 11.4 Å². The summed E-state index contributed by atoms with van der Waals surface area (Å²) in [6, 6.07) is 11.6. The Hall–Kier alpha value is -3.61. The zero-order chi connectivity index (χ0) is 22.2. The van der Waals surface area contributed by atoms with Crippen LogP contribution in [-0.4, -0.2) is 33.8 Å². The van der Waals surface area contributed by atoms with Gasteiger partial charge in [0, 0.05) is 30.5 Å². The normalized spacial score (nSPS) is 13.9. The summed E-state index contributed by atoms with van der Waals surface area (Å²) in [6.07, 6.45) is 5.78. The van der Waals surface area contributed by atoms with Crippen LogP contribution in [0.4, 0.5) is 11.4 Å². The van der Waals surface area contributed by atoms with Crippen molar-refractivity contribution < 1.29 is 9.21 Å². The van der Waals surface area contributed by atoms with Gasteiger partial charge in [-0.25, -0.2) is 9.67 Å². The van der Waals surface area contributed by atoms with Gasteiger partial charge in [-0.15, -0.1) is 0 Å². The van der Waals surface area contributed by atoms with E-state index < -0.39 is 0 Å². The number of rotatable bonds is 5. The molecule has 1 fully saturated rings. The zero-order valence-electron chi connectivity index (χ0n) is 18.6. The minimum absolute atomic E-state index is 0.114. The number of fused-ring (bicyclic) bond motifs is 1. The molecule has 4 aromatic rings. The van der Waals surface area contributed by atoms with Crippen molar-refractivity contribution in [3.05, 3.63) is 60.0 Å². The third-order valence-electron chi connectivity index (χ3n) is 5.98. The third-order valence-corrected chi connectivity index (χ3v) is 5.98. The number of nitrogens with zero attached hydrogens (tertiary/aromatic N) is 4. The topological polar surface area (TPSA) is 76.2 Å². The summed E-state index contributed by atoms with van der Waals surface area (Å²) in [5, 5.41) is 8.26. The second-order valence-electron chi connectivity index (χ2n) is 8.60. The number of benzene rings is 1. The first-order valence-corrected chi connectivity index (χ1v) is 11.1. The molecule has 1 aliphatic rings. The molecule has 0 atom stereocenters. The molecule has 7 heteroatoms. The van der Waals surface area contributed by atoms with Crippen molar-refractivity contribution in [2.75, 3.05) is 23.3 Å². The van der Waals surface area contributed by atoms with Crippen LogP contribution >= 0.6 is 0 Å². The lowest BCUT2D eigenvalue weighted by molar-refractivity contribution is 0.102. The first kappa shape index (κ1) is 20.3. The van der Waals surface area contributed by atoms with Crippen LogP contribution in [0.25, 0.3) is 22.5 Å². The van der Waals surface area contributed by atoms with Crippen LogP contribution in [0.5, 0.6) is 0 Å². The summed E-state index contributed by atoms with van der Waals surface area (Å²) >= 11 is 0. The first-order chi connectivity index (χ1) is 15.5. The molecular weight excluding hydrogens is 402 g/mol. The number of nitrogens with one attached hydrogen (secondary N) is 1. The van der Waals surface area contributed by atoms with Crippen molar-refractivity contribution in [2.24, 2.45) is 0 Å². The smallest absolute Gasteiger partial charge is 0.256 e. The molecule has 3 aromatic heterocycles. The molecule has 1 saturated heterocycles. The van der Waals surface area contributed by atoms with Gasteiger partial charge in [-0.05, 0) is 75.6 Å². The predicted molar refractivity (Wildman–Crippen MR) is 126 cm³/mol. The highest BCUT2D eigenvalue weighted by Crippen LogP contribution is 2.29. The predicted octanol–water partition coefficient (Wildman–Crippen LogP) is 5.43. The van der Waals surface area contributed by atoms with Gasteiger partial charge < -0.3 is 14.6 Å². The second kappa shape index (κ2) is 8.15. The van der Waals surface area contributed by atoms with Crippen molar-refractivity contribution in [1.29, 1.82) is 0 Å². The van der Waals surface area contributed by atoms with E-state index in [-0.39, 0.29) is 11.9 Å². The van der Waals surface area contributed by atoms with Crippen molar-refractivity contribution in [2.45, 2.75) is 39.7 Å². The van der Waals surface area contributed by atoms with Crippen molar-refractivity contribution in [3.63, 3.8) is 0 Å². The molecule has 4 heterocycles. The van der Waals surface area contributed by atoms with E-state index in [4.69, 9.17) is 9.40 Å². The third kappa shape index (κ3) is 3.64. The van der Waals surface area contributed by atoms with Gasteiger partial charge in [-0.2, -0.15) is 5.10 Å². The molecule has 7 nitrogen and oxygen atoms in total. The molecule has 1 aromatic carbocycles. The molecule has 0 unspecified atom stereocenters. The molecule has 0 spiro atoms. The lowest BCUT2D eigenvalue weighted by Gasteiger charge is -2.20. The van der Waals surface area contributed by atoms with Gasteiger partial charge in [0.1, 0.15) is 5.69 Å². The molecule has 5 rings (SSSR count). The molecule has 0 aliphatic carbocycles. The van der Waals surface area contributed by atoms with Crippen molar-refractivity contribution >= 4 is 28.3 Å². The number of amides is 1. The molecule has 0 radical (unpaired) electrons. The van der Waals surface area contributed by atoms with Gasteiger partial charge in [0.05, 0.1) is 23.4 Å². The molecule has 32 heavy (non-hydrogen) atoms. The number of hydrogen-bond donors (Lipinski definition) is 1. The van der Waals surface area contributed by atoms with Gasteiger partial charge in [-0.1, -0.05) is 0 Å². The highest BCUT2D eigenvalue weighted by atomic mass is 16.3. The average molecular weight is 430 g/mol. The van der Waals surface area contributed by atoms with E-state index in [1.807, 2.05) is 42.8 Å². The fraction of sp³-hybridized carbons (Fsp3) is 0.320. The highest BCUT2D eigenvalue weighted by molar-refractivity contribution is 6.12. The van der Waals surface area contributed by atoms with Crippen LogP contribution in [0.15, 0.2) is 53.3 Å². The average Bonchev–Trinajstić information content (AvgIpc) is 3.54. The lowest BCUT2D eigenvalue weighted by Crippen LogP contribution is -2.19. The van der Waals surface area contributed by atoms with E-state index >= 15 is 0 Å². The van der Waals surface area contributed by atoms with E-state index in [2.05, 4.69) is 28.3 Å². The zero-order valence-corrected chi connectivity index (χ0v) is 18.6. The number of anilines is 2. The maximum atomic E-state index is 13.4. The number of furan rings is 1. The largest absolute Gasteiger partial charge is 0.463 e. The van der Waals surface area contributed by atoms with Crippen LogP contribution in [0, 0.1) is 6.92 Å². The first-order valence-electron chi connectivity index (χ1n) is 11.1. The summed E-state index contributed by atoms with van der Waals surface area (Å²) in [7, 11) is 0. The molecule has 0 bridgehead atoms. The van der Waals surface area contributed by atoms with E-state index in [0.717, 1.165) is 29.7 Å². The lowest BCUT2D eigenvalue weighted by atomic mass is 10.1. The number of carbonyl (C=O) groups excluding carboxylic acids is 1. The van der Waals surface area contributed by atoms with Crippen LogP contribution < -0.4 is 10.2 Å². The fourth-order valence-corrected chi connectivity index (χ4v) is 4.38. The minimum Gasteiger partial charge on any atom is -0.463 e. The van der Waals surface area contributed by atoms with Gasteiger partial charge >= 0.3 is 0 Å². The molecular formula is C25H27N5O2. The van der Waals surface area contributed by atoms with Crippen molar-refractivity contribution in [1.82, 2.24) is 14.8 Å². The number of aromatic nitrogens is 3. The number of carbonyl (C=O) groups is 1. The Bertz CT molecular complexity index is 1270. The monoisotopic (exact) mass is 429 g/mol. The molecule has 1 N–H and O–H groups in total. The molecule has 0 saturated carbocycles. The number of pyridine rings is 1. The number of hydrogen-bond acceptors (Lipinski definition) is 5. The Morgan fingerprint density at radius 2 is 1.97 bits per heavy atom. The van der Waals surface area contributed by atoms with E-state index in [0.29, 0.717) is 22.7 Å². The Labute approximate surface area is 187 Å². The maximum absolute atomic E-state index is 13.4. The summed E-state index contributed by atoms with van der Waals surface area (Å²) in [5.74, 6) is 0.421. The van der Waals surface area contributed by atoms with Gasteiger partial charge in [0.25, 0.3) is 5.91 Å². The fourth-order valence-electron chi connectivity index (χ4n) is 4.38. The number of aryl methyl sites for hydroxylation is 1. The maximum Gasteiger partial charge on any atom is 0.256 e. The van der Waals surface area contributed by atoms with Crippen LogP contribution in [0.3, 0.4) is 0 Å². The Kier molecular flexibility index (Phi) is 5.17. The summed E-state index contributed by atoms with van der Waals surface area (Å²) in [6.45, 7) is 8.36. The summed E-state index contributed by atoms with van der Waals surface area (Å²) < 4.78 is 7.37. The molecule has 1 aliphatic heterocycles. The summed E-state index contributed by atoms with van der Waals surface area (Å²) in [5.41, 5.74) is 4.97. The van der Waals surface area contributed by atoms with Gasteiger partial charge in [-0.3, -0.25) is 4.79 Å². The SMILES string of the molecule is Cc1cc(NC(=O)c2cc(-c3ccco3)nc3c2cnn3C(C)C)ccc1N1CCCC1. The Balaban J connectivity index is 1.51. The van der Waals surface area contributed by atoms with Crippen LogP contribution in [0.2, 0.25) is 0 Å². The van der Waals surface area contributed by atoms with Crippen molar-refractivity contribution in [3.8, 4) is 11.5 Å². The van der Waals surface area contributed by atoms with Crippen LogP contribution in [0.1, 0.15) is 48.7 Å². The van der Waals surface area contributed by atoms with E-state index in [9.17, 15) is 4.79 Å². The summed E-state index contributed by atoms with van der Waals surface area (Å²) in [4.78, 5) is 20.5. The minimum atomic E-state index is -0.193. The standard InChI is InChI=1S/C25H27N5O2/c1-16(2)30-24-20(15-26-30)19(14-21(28-24)23-7-6-12-32-23)25(31)27-18-8-9-22(17(3)13-18)29-10-4-5-11-29/h6-9,12-16H,4-5,10-11H2,1-3H3,(H,27,31). The van der Waals surface area contributed by atoms with Gasteiger partial charge in [0.2, 0.25) is 0 Å². The quantitative estimate of drug-likeness (QED) is 0.458. The van der Waals surface area contributed by atoms with Crippen LogP contribution in [-0.2, 0) is 0 Å². The highest BCUT2D eigenvalue weighted by Gasteiger charge is 2.20. The second-order valence-corrected chi connectivity index (χ2v) is 8.60. The van der Waals surface area contributed by atoms with E-state index in [1.165, 1.54) is 18.5 Å². The Morgan fingerprint density at radius 1 is 1.16 bits per heavy atom. The Morgan fingerprint density at radius 3 is 2.66 bits per heavy atom. The molecule has 164 valence electrons.